The Morgan fingerprint density at radius 1 is 1.28 bits per heavy atom. The highest BCUT2D eigenvalue weighted by Crippen LogP contribution is 2.31. The van der Waals surface area contributed by atoms with E-state index in [1.807, 2.05) is 0 Å². The van der Waals surface area contributed by atoms with Crippen LogP contribution in [0.2, 0.25) is 0 Å². The van der Waals surface area contributed by atoms with E-state index >= 15 is 0 Å². The molecule has 3 heteroatoms. The summed E-state index contributed by atoms with van der Waals surface area (Å²) in [6, 6.07) is 0.405. The summed E-state index contributed by atoms with van der Waals surface area (Å²) < 4.78 is 0. The fraction of sp³-hybridized carbons (Fsp3) is 1.00. The van der Waals surface area contributed by atoms with Gasteiger partial charge in [0, 0.05) is 11.6 Å². The first kappa shape index (κ1) is 15.9. The molecule has 0 radical (unpaired) electrons. The zero-order valence-corrected chi connectivity index (χ0v) is 12.8. The van der Waals surface area contributed by atoms with Crippen molar-refractivity contribution < 1.29 is 0 Å². The lowest BCUT2D eigenvalue weighted by molar-refractivity contribution is 0.0730. The molecule has 108 valence electrons. The third-order valence-electron chi connectivity index (χ3n) is 4.92. The normalized spacial score (nSPS) is 23.8. The lowest BCUT2D eigenvalue weighted by atomic mass is 9.82. The van der Waals surface area contributed by atoms with Gasteiger partial charge in [0.1, 0.15) is 0 Å². The Labute approximate surface area is 113 Å². The van der Waals surface area contributed by atoms with Crippen molar-refractivity contribution in [1.82, 2.24) is 10.3 Å². The van der Waals surface area contributed by atoms with Crippen molar-refractivity contribution in [1.29, 1.82) is 0 Å². The van der Waals surface area contributed by atoms with E-state index in [9.17, 15) is 0 Å². The van der Waals surface area contributed by atoms with Gasteiger partial charge in [0.05, 0.1) is 0 Å². The molecule has 3 unspecified atom stereocenters. The smallest absolute Gasteiger partial charge is 0.0394 e. The van der Waals surface area contributed by atoms with Crippen LogP contribution in [-0.4, -0.2) is 29.6 Å². The van der Waals surface area contributed by atoms with Crippen LogP contribution in [0.25, 0.3) is 0 Å². The van der Waals surface area contributed by atoms with Crippen molar-refractivity contribution in [2.45, 2.75) is 77.8 Å². The van der Waals surface area contributed by atoms with E-state index < -0.39 is 0 Å². The molecule has 3 N–H and O–H groups in total. The molecule has 18 heavy (non-hydrogen) atoms. The van der Waals surface area contributed by atoms with Crippen LogP contribution in [0.4, 0.5) is 0 Å². The summed E-state index contributed by atoms with van der Waals surface area (Å²) in [5.41, 5.74) is 3.33. The first-order chi connectivity index (χ1) is 8.58. The molecule has 1 rings (SSSR count). The van der Waals surface area contributed by atoms with Crippen LogP contribution < -0.4 is 11.3 Å². The molecule has 1 aliphatic rings. The number of hydrogen-bond donors (Lipinski definition) is 2. The second-order valence-electron chi connectivity index (χ2n) is 6.25. The highest BCUT2D eigenvalue weighted by molar-refractivity contribution is 4.97. The van der Waals surface area contributed by atoms with Gasteiger partial charge < -0.3 is 0 Å². The lowest BCUT2D eigenvalue weighted by Crippen LogP contribution is -2.60. The Kier molecular flexibility index (Phi) is 6.61. The average molecular weight is 255 g/mol. The van der Waals surface area contributed by atoms with E-state index in [2.05, 4.69) is 38.0 Å². The van der Waals surface area contributed by atoms with Gasteiger partial charge in [-0.25, -0.2) is 0 Å². The SMILES string of the molecule is CCCC(C)CC(NN)C(C)(CC)N1CCCC1. The quantitative estimate of drug-likeness (QED) is 0.517. The van der Waals surface area contributed by atoms with Crippen LogP contribution in [0.15, 0.2) is 0 Å². The summed E-state index contributed by atoms with van der Waals surface area (Å²) in [7, 11) is 0. The van der Waals surface area contributed by atoms with Crippen LogP contribution in [0, 0.1) is 5.92 Å². The molecule has 1 aliphatic heterocycles. The molecular formula is C15H33N3. The number of nitrogens with two attached hydrogens (primary N) is 1. The Balaban J connectivity index is 2.68. The Morgan fingerprint density at radius 2 is 1.89 bits per heavy atom. The summed E-state index contributed by atoms with van der Waals surface area (Å²) in [5.74, 6) is 6.62. The van der Waals surface area contributed by atoms with Crippen LogP contribution in [-0.2, 0) is 0 Å². The molecule has 0 aliphatic carbocycles. The van der Waals surface area contributed by atoms with E-state index in [4.69, 9.17) is 5.84 Å². The zero-order valence-electron chi connectivity index (χ0n) is 12.8. The molecule has 1 heterocycles. The van der Waals surface area contributed by atoms with Crippen LogP contribution in [0.5, 0.6) is 0 Å². The summed E-state index contributed by atoms with van der Waals surface area (Å²) in [4.78, 5) is 2.65. The average Bonchev–Trinajstić information content (AvgIpc) is 2.89. The van der Waals surface area contributed by atoms with Gasteiger partial charge in [-0.05, 0) is 51.6 Å². The van der Waals surface area contributed by atoms with Gasteiger partial charge >= 0.3 is 0 Å². The zero-order chi connectivity index (χ0) is 13.6. The predicted octanol–water partition coefficient (Wildman–Crippen LogP) is 2.91. The maximum Gasteiger partial charge on any atom is 0.0394 e. The van der Waals surface area contributed by atoms with Gasteiger partial charge in [0.15, 0.2) is 0 Å². The molecule has 0 spiro atoms. The minimum Gasteiger partial charge on any atom is -0.296 e. The van der Waals surface area contributed by atoms with Crippen molar-refractivity contribution in [2.24, 2.45) is 11.8 Å². The van der Waals surface area contributed by atoms with Gasteiger partial charge in [-0.15, -0.1) is 0 Å². The van der Waals surface area contributed by atoms with E-state index in [1.165, 1.54) is 51.6 Å². The summed E-state index contributed by atoms with van der Waals surface area (Å²) in [6.07, 6.45) is 7.61. The fourth-order valence-corrected chi connectivity index (χ4v) is 3.43. The number of nitrogens with zero attached hydrogens (tertiary/aromatic N) is 1. The van der Waals surface area contributed by atoms with Gasteiger partial charge in [0.2, 0.25) is 0 Å². The maximum absolute atomic E-state index is 5.87. The van der Waals surface area contributed by atoms with Gasteiger partial charge in [0.25, 0.3) is 0 Å². The molecule has 0 aromatic carbocycles. The molecule has 0 aromatic rings. The Bertz CT molecular complexity index is 226. The number of rotatable bonds is 8. The van der Waals surface area contributed by atoms with E-state index in [0.29, 0.717) is 6.04 Å². The highest BCUT2D eigenvalue weighted by atomic mass is 15.3. The van der Waals surface area contributed by atoms with Crippen molar-refractivity contribution in [3.05, 3.63) is 0 Å². The molecule has 0 bridgehead atoms. The van der Waals surface area contributed by atoms with Crippen molar-refractivity contribution in [3.63, 3.8) is 0 Å². The second-order valence-corrected chi connectivity index (χ2v) is 6.25. The van der Waals surface area contributed by atoms with E-state index in [1.54, 1.807) is 0 Å². The molecular weight excluding hydrogens is 222 g/mol. The first-order valence-electron chi connectivity index (χ1n) is 7.79. The monoisotopic (exact) mass is 255 g/mol. The maximum atomic E-state index is 5.87. The van der Waals surface area contributed by atoms with Crippen LogP contribution >= 0.6 is 0 Å². The largest absolute Gasteiger partial charge is 0.296 e. The third kappa shape index (κ3) is 3.69. The lowest BCUT2D eigenvalue weighted by Gasteiger charge is -2.45. The van der Waals surface area contributed by atoms with E-state index in [-0.39, 0.29) is 5.54 Å². The van der Waals surface area contributed by atoms with E-state index in [0.717, 1.165) is 5.92 Å². The number of nitrogens with one attached hydrogen (secondary N) is 1. The number of hydrazine groups is 1. The number of hydrogen-bond acceptors (Lipinski definition) is 3. The van der Waals surface area contributed by atoms with Gasteiger partial charge in [-0.2, -0.15) is 0 Å². The fourth-order valence-electron chi connectivity index (χ4n) is 3.43. The topological polar surface area (TPSA) is 41.3 Å². The molecule has 1 fully saturated rings. The van der Waals surface area contributed by atoms with Crippen molar-refractivity contribution >= 4 is 0 Å². The standard InChI is InChI=1S/C15H33N3/c1-5-9-13(3)12-14(17-16)15(4,6-2)18-10-7-8-11-18/h13-14,17H,5-12,16H2,1-4H3. The minimum absolute atomic E-state index is 0.216. The predicted molar refractivity (Wildman–Crippen MR) is 79.3 cm³/mol. The first-order valence-corrected chi connectivity index (χ1v) is 7.79. The molecule has 0 amide bonds. The van der Waals surface area contributed by atoms with Gasteiger partial charge in [-0.3, -0.25) is 16.2 Å². The number of likely N-dealkylation sites (tertiary alicyclic amines) is 1. The summed E-state index contributed by atoms with van der Waals surface area (Å²) in [6.45, 7) is 11.8. The minimum atomic E-state index is 0.216. The third-order valence-corrected chi connectivity index (χ3v) is 4.92. The second kappa shape index (κ2) is 7.46. The van der Waals surface area contributed by atoms with Crippen LogP contribution in [0.1, 0.15) is 66.2 Å². The van der Waals surface area contributed by atoms with Gasteiger partial charge in [-0.1, -0.05) is 33.6 Å². The Morgan fingerprint density at radius 3 is 2.33 bits per heavy atom. The molecule has 3 nitrogen and oxygen atoms in total. The van der Waals surface area contributed by atoms with Crippen molar-refractivity contribution in [3.8, 4) is 0 Å². The molecule has 0 aromatic heterocycles. The molecule has 0 saturated carbocycles. The van der Waals surface area contributed by atoms with Crippen molar-refractivity contribution in [2.75, 3.05) is 13.1 Å². The summed E-state index contributed by atoms with van der Waals surface area (Å²) in [5, 5.41) is 0. The highest BCUT2D eigenvalue weighted by Gasteiger charge is 2.39. The van der Waals surface area contributed by atoms with Crippen LogP contribution in [0.3, 0.4) is 0 Å². The molecule has 3 atom stereocenters. The summed E-state index contributed by atoms with van der Waals surface area (Å²) >= 11 is 0. The Hall–Kier alpha value is -0.120. The molecule has 1 saturated heterocycles.